The van der Waals surface area contributed by atoms with Crippen molar-refractivity contribution in [2.75, 3.05) is 19.6 Å². The molecule has 4 amide bonds. The molecule has 0 aromatic rings. The van der Waals surface area contributed by atoms with E-state index in [2.05, 4.69) is 21.3 Å². The lowest BCUT2D eigenvalue weighted by Crippen LogP contribution is -2.45. The summed E-state index contributed by atoms with van der Waals surface area (Å²) in [6, 6.07) is -1.03. The summed E-state index contributed by atoms with van der Waals surface area (Å²) < 4.78 is 10.8. The molecule has 0 spiro atoms. The Morgan fingerprint density at radius 3 is 1.31 bits per heavy atom. The highest BCUT2D eigenvalue weighted by Crippen LogP contribution is 2.16. The first-order valence-corrected chi connectivity index (χ1v) is 18.6. The molecule has 0 aromatic heterocycles. The third-order valence-electron chi connectivity index (χ3n) is 7.47. The van der Waals surface area contributed by atoms with Crippen LogP contribution in [-0.2, 0) is 43.0 Å². The summed E-state index contributed by atoms with van der Waals surface area (Å²) in [4.78, 5) is 83.3. The predicted octanol–water partition coefficient (Wildman–Crippen LogP) is 4.61. The molecule has 14 nitrogen and oxygen atoms in total. The van der Waals surface area contributed by atoms with Gasteiger partial charge in [-0.2, -0.15) is 0 Å². The number of rotatable bonds is 28. The van der Waals surface area contributed by atoms with Gasteiger partial charge in [0.2, 0.25) is 23.6 Å². The molecule has 5 N–H and O–H groups in total. The Kier molecular flexibility index (Phi) is 25.0. The number of amides is 4. The average molecular weight is 727 g/mol. The van der Waals surface area contributed by atoms with E-state index in [4.69, 9.17) is 14.6 Å². The monoisotopic (exact) mass is 726 g/mol. The Balaban J connectivity index is 4.14. The molecule has 0 aliphatic rings. The Bertz CT molecular complexity index is 1080. The summed E-state index contributed by atoms with van der Waals surface area (Å²) in [5, 5.41) is 18.0. The van der Waals surface area contributed by atoms with Crippen LogP contribution in [-0.4, -0.2) is 83.5 Å². The van der Waals surface area contributed by atoms with Crippen LogP contribution >= 0.6 is 0 Å². The van der Waals surface area contributed by atoms with Crippen LogP contribution in [0.15, 0.2) is 0 Å². The zero-order valence-corrected chi connectivity index (χ0v) is 32.0. The second kappa shape index (κ2) is 27.0. The van der Waals surface area contributed by atoms with Crippen molar-refractivity contribution >= 4 is 41.5 Å². The predicted molar refractivity (Wildman–Crippen MR) is 193 cm³/mol. The average Bonchev–Trinajstić information content (AvgIpc) is 3.01. The Hall–Kier alpha value is -3.71. The molecule has 0 aliphatic heterocycles. The summed E-state index contributed by atoms with van der Waals surface area (Å²) in [7, 11) is 0. The molecule has 14 heteroatoms. The second-order valence-electron chi connectivity index (χ2n) is 15.0. The largest absolute Gasteiger partial charge is 0.480 e. The van der Waals surface area contributed by atoms with Crippen molar-refractivity contribution in [3.63, 3.8) is 0 Å². The van der Waals surface area contributed by atoms with E-state index in [-0.39, 0.29) is 31.1 Å². The van der Waals surface area contributed by atoms with E-state index < -0.39 is 66.5 Å². The maximum absolute atomic E-state index is 12.8. The molecule has 0 aromatic carbocycles. The van der Waals surface area contributed by atoms with E-state index in [1.807, 2.05) is 20.8 Å². The number of ether oxygens (including phenoxy) is 2. The molecule has 0 bridgehead atoms. The zero-order valence-electron chi connectivity index (χ0n) is 32.0. The van der Waals surface area contributed by atoms with E-state index in [9.17, 15) is 33.6 Å². The van der Waals surface area contributed by atoms with Crippen LogP contribution in [0.2, 0.25) is 0 Å². The number of carboxylic acid groups (broad SMARTS) is 1. The molecule has 0 radical (unpaired) electrons. The van der Waals surface area contributed by atoms with E-state index in [0.717, 1.165) is 38.5 Å². The van der Waals surface area contributed by atoms with Gasteiger partial charge < -0.3 is 35.8 Å². The lowest BCUT2D eigenvalue weighted by atomic mass is 10.0. The van der Waals surface area contributed by atoms with Gasteiger partial charge in [-0.05, 0) is 60.8 Å². The number of nitrogens with one attached hydrogen (secondary N) is 4. The van der Waals surface area contributed by atoms with Crippen molar-refractivity contribution in [1.82, 2.24) is 21.3 Å². The summed E-state index contributed by atoms with van der Waals surface area (Å²) >= 11 is 0. The molecular formula is C37H66N4O10. The molecule has 0 heterocycles. The quantitative estimate of drug-likeness (QED) is 0.0559. The third kappa shape index (κ3) is 32.0. The number of carbonyl (C=O) groups excluding carboxylic acids is 6. The van der Waals surface area contributed by atoms with Crippen LogP contribution in [0.1, 0.15) is 157 Å². The second-order valence-corrected chi connectivity index (χ2v) is 15.0. The van der Waals surface area contributed by atoms with Gasteiger partial charge in [-0.1, -0.05) is 77.0 Å². The van der Waals surface area contributed by atoms with Crippen LogP contribution in [0.3, 0.4) is 0 Å². The Labute approximate surface area is 304 Å². The molecule has 0 fully saturated rings. The van der Waals surface area contributed by atoms with Crippen LogP contribution in [0.5, 0.6) is 0 Å². The van der Waals surface area contributed by atoms with Crippen LogP contribution < -0.4 is 21.3 Å². The fourth-order valence-corrected chi connectivity index (χ4v) is 4.98. The van der Waals surface area contributed by atoms with E-state index in [1.165, 1.54) is 44.9 Å². The first-order valence-electron chi connectivity index (χ1n) is 18.6. The molecule has 294 valence electrons. The molecule has 51 heavy (non-hydrogen) atoms. The van der Waals surface area contributed by atoms with Gasteiger partial charge in [0.25, 0.3) is 0 Å². The minimum Gasteiger partial charge on any atom is -0.480 e. The highest BCUT2D eigenvalue weighted by Gasteiger charge is 2.27. The fourth-order valence-electron chi connectivity index (χ4n) is 4.98. The summed E-state index contributed by atoms with van der Waals surface area (Å²) in [5.41, 5.74) is -1.20. The van der Waals surface area contributed by atoms with Crippen LogP contribution in [0.25, 0.3) is 0 Å². The SMILES string of the molecule is CC(C)(C)OC(=O)CCCCCCCCCCCCCCCCC(=O)NC(CCC(=O)NCC(=O)NCC(=O)NCC(=O)O)C(=O)OC(C)(C)C. The van der Waals surface area contributed by atoms with Gasteiger partial charge >= 0.3 is 17.9 Å². The normalized spacial score (nSPS) is 12.0. The van der Waals surface area contributed by atoms with Gasteiger partial charge in [0.05, 0.1) is 13.1 Å². The highest BCUT2D eigenvalue weighted by atomic mass is 16.6. The van der Waals surface area contributed by atoms with Crippen molar-refractivity contribution < 1.29 is 48.1 Å². The Morgan fingerprint density at radius 1 is 0.490 bits per heavy atom. The van der Waals surface area contributed by atoms with Gasteiger partial charge in [0.1, 0.15) is 23.8 Å². The van der Waals surface area contributed by atoms with Gasteiger partial charge in [-0.25, -0.2) is 4.79 Å². The van der Waals surface area contributed by atoms with E-state index in [1.54, 1.807) is 20.8 Å². The maximum Gasteiger partial charge on any atom is 0.329 e. The first-order chi connectivity index (χ1) is 23.9. The topological polar surface area (TPSA) is 206 Å². The van der Waals surface area contributed by atoms with Crippen molar-refractivity contribution in [1.29, 1.82) is 0 Å². The van der Waals surface area contributed by atoms with Crippen molar-refractivity contribution in [2.45, 2.75) is 174 Å². The Morgan fingerprint density at radius 2 is 0.882 bits per heavy atom. The smallest absolute Gasteiger partial charge is 0.329 e. The van der Waals surface area contributed by atoms with Crippen LogP contribution in [0, 0.1) is 0 Å². The minimum absolute atomic E-state index is 0.0262. The maximum atomic E-state index is 12.8. The molecule has 0 aliphatic carbocycles. The van der Waals surface area contributed by atoms with Gasteiger partial charge in [-0.3, -0.25) is 28.8 Å². The molecule has 0 saturated heterocycles. The van der Waals surface area contributed by atoms with Crippen molar-refractivity contribution in [2.24, 2.45) is 0 Å². The number of unbranched alkanes of at least 4 members (excludes halogenated alkanes) is 13. The third-order valence-corrected chi connectivity index (χ3v) is 7.47. The van der Waals surface area contributed by atoms with Crippen molar-refractivity contribution in [3.8, 4) is 0 Å². The minimum atomic E-state index is -1.22. The van der Waals surface area contributed by atoms with Gasteiger partial charge in [-0.15, -0.1) is 0 Å². The fraction of sp³-hybridized carbons (Fsp3) is 0.811. The van der Waals surface area contributed by atoms with Crippen LogP contribution in [0.4, 0.5) is 0 Å². The standard InChI is InChI=1S/C37H66N4O10/c1-36(2,3)50-34(48)22-20-18-16-14-12-10-8-7-9-11-13-15-17-19-21-30(43)41-28(35(49)51-37(4,5)6)23-24-29(42)38-25-31(44)39-26-32(45)40-27-33(46)47/h28H,7-27H2,1-6H3,(H,38,42)(H,39,44)(H,40,45)(H,41,43)(H,46,47). The van der Waals surface area contributed by atoms with E-state index in [0.29, 0.717) is 12.8 Å². The molecule has 1 atom stereocenters. The van der Waals surface area contributed by atoms with Gasteiger partial charge in [0, 0.05) is 19.3 Å². The van der Waals surface area contributed by atoms with Crippen molar-refractivity contribution in [3.05, 3.63) is 0 Å². The number of carbonyl (C=O) groups is 7. The molecule has 1 unspecified atom stereocenters. The summed E-state index contributed by atoms with van der Waals surface area (Å²) in [6.07, 6.45) is 16.0. The zero-order chi connectivity index (χ0) is 38.7. The number of hydrogen-bond donors (Lipinski definition) is 5. The molecular weight excluding hydrogens is 660 g/mol. The molecule has 0 saturated carbocycles. The number of carboxylic acids is 1. The lowest BCUT2D eigenvalue weighted by molar-refractivity contribution is -0.159. The molecule has 0 rings (SSSR count). The highest BCUT2D eigenvalue weighted by molar-refractivity contribution is 5.89. The first kappa shape index (κ1) is 47.3. The van der Waals surface area contributed by atoms with E-state index >= 15 is 0 Å². The summed E-state index contributed by atoms with van der Waals surface area (Å²) in [5.74, 6) is -4.16. The van der Waals surface area contributed by atoms with Gasteiger partial charge in [0.15, 0.2) is 0 Å². The number of esters is 2. The number of hydrogen-bond acceptors (Lipinski definition) is 9. The summed E-state index contributed by atoms with van der Waals surface area (Å²) in [6.45, 7) is 9.34. The number of aliphatic carboxylic acids is 1. The lowest BCUT2D eigenvalue weighted by Gasteiger charge is -2.24.